The summed E-state index contributed by atoms with van der Waals surface area (Å²) in [5, 5.41) is 8.27. The van der Waals surface area contributed by atoms with Gasteiger partial charge < -0.3 is 19.5 Å². The maximum Gasteiger partial charge on any atom is 0.412 e. The fourth-order valence-electron chi connectivity index (χ4n) is 0.892. The molecule has 15 heavy (non-hydrogen) atoms. The van der Waals surface area contributed by atoms with Crippen molar-refractivity contribution in [2.45, 2.75) is 27.7 Å². The van der Waals surface area contributed by atoms with Gasteiger partial charge in [-0.2, -0.15) is 0 Å². The van der Waals surface area contributed by atoms with Crippen molar-refractivity contribution in [3.8, 4) is 0 Å². The molecular weight excluding hydrogens is 198 g/mol. The van der Waals surface area contributed by atoms with Gasteiger partial charge in [-0.05, 0) is 0 Å². The molecule has 0 aromatic rings. The van der Waals surface area contributed by atoms with Crippen LogP contribution in [-0.2, 0) is 9.47 Å². The van der Waals surface area contributed by atoms with E-state index < -0.39 is 12.9 Å². The first-order valence-corrected chi connectivity index (χ1v) is 5.45. The molecule has 92 valence electrons. The SMILES string of the molecule is CC.CC.O=C(OCO)N1CCOCC1. The van der Waals surface area contributed by atoms with E-state index in [1.165, 1.54) is 4.90 Å². The molecule has 1 heterocycles. The van der Waals surface area contributed by atoms with Crippen LogP contribution in [0.5, 0.6) is 0 Å². The summed E-state index contributed by atoms with van der Waals surface area (Å²) in [6.45, 7) is 9.61. The first kappa shape index (κ1) is 16.6. The average Bonchev–Trinajstić information content (AvgIpc) is 2.36. The molecule has 1 aliphatic heterocycles. The van der Waals surface area contributed by atoms with Crippen LogP contribution in [0.3, 0.4) is 0 Å². The predicted octanol–water partition coefficient (Wildman–Crippen LogP) is 1.46. The lowest BCUT2D eigenvalue weighted by Gasteiger charge is -2.25. The van der Waals surface area contributed by atoms with E-state index in [9.17, 15) is 4.79 Å². The molecule has 0 atom stereocenters. The number of carbonyl (C=O) groups is 1. The minimum atomic E-state index is -0.559. The van der Waals surface area contributed by atoms with Crippen molar-refractivity contribution in [3.05, 3.63) is 0 Å². The zero-order chi connectivity index (χ0) is 12.1. The van der Waals surface area contributed by atoms with E-state index in [1.807, 2.05) is 27.7 Å². The molecule has 1 N–H and O–H groups in total. The van der Waals surface area contributed by atoms with E-state index >= 15 is 0 Å². The third kappa shape index (κ3) is 8.20. The van der Waals surface area contributed by atoms with Gasteiger partial charge in [-0.25, -0.2) is 4.79 Å². The zero-order valence-electron chi connectivity index (χ0n) is 10.2. The molecule has 1 aliphatic rings. The molecule has 0 saturated carbocycles. The Morgan fingerprint density at radius 3 is 2.13 bits per heavy atom. The van der Waals surface area contributed by atoms with Gasteiger partial charge in [0.25, 0.3) is 0 Å². The standard InChI is InChI=1S/C6H11NO4.2C2H6/c8-5-11-6(9)7-1-3-10-4-2-7;2*1-2/h8H,1-5H2;2*1-2H3. The Morgan fingerprint density at radius 1 is 1.27 bits per heavy atom. The van der Waals surface area contributed by atoms with Gasteiger partial charge in [0.2, 0.25) is 0 Å². The number of morpholine rings is 1. The van der Waals surface area contributed by atoms with Crippen molar-refractivity contribution in [3.63, 3.8) is 0 Å². The average molecular weight is 221 g/mol. The minimum Gasteiger partial charge on any atom is -0.422 e. The van der Waals surface area contributed by atoms with Crippen LogP contribution in [0.1, 0.15) is 27.7 Å². The summed E-state index contributed by atoms with van der Waals surface area (Å²) < 4.78 is 9.38. The molecule has 0 spiro atoms. The van der Waals surface area contributed by atoms with E-state index in [0.717, 1.165) is 0 Å². The first-order chi connectivity index (χ1) is 7.34. The second-order valence-electron chi connectivity index (χ2n) is 2.14. The molecule has 0 radical (unpaired) electrons. The van der Waals surface area contributed by atoms with Crippen molar-refractivity contribution in [1.82, 2.24) is 4.90 Å². The molecule has 0 unspecified atom stereocenters. The molecule has 1 saturated heterocycles. The number of amides is 1. The minimum absolute atomic E-state index is 0.476. The molecule has 5 nitrogen and oxygen atoms in total. The van der Waals surface area contributed by atoms with Crippen molar-refractivity contribution < 1.29 is 19.4 Å². The zero-order valence-corrected chi connectivity index (χ0v) is 10.2. The van der Waals surface area contributed by atoms with Crippen LogP contribution in [-0.4, -0.2) is 49.2 Å². The third-order valence-electron chi connectivity index (χ3n) is 1.46. The summed E-state index contributed by atoms with van der Waals surface area (Å²) in [5.74, 6) is 0. The van der Waals surface area contributed by atoms with Crippen LogP contribution >= 0.6 is 0 Å². The van der Waals surface area contributed by atoms with Gasteiger partial charge in [-0.1, -0.05) is 27.7 Å². The summed E-state index contributed by atoms with van der Waals surface area (Å²) in [6, 6.07) is 0. The topological polar surface area (TPSA) is 59.0 Å². The molecule has 1 fully saturated rings. The summed E-state index contributed by atoms with van der Waals surface area (Å²) in [7, 11) is 0. The van der Waals surface area contributed by atoms with Gasteiger partial charge in [0.15, 0.2) is 6.79 Å². The van der Waals surface area contributed by atoms with Crippen molar-refractivity contribution in [2.75, 3.05) is 33.1 Å². The Kier molecular flexibility index (Phi) is 14.6. The highest BCUT2D eigenvalue weighted by molar-refractivity contribution is 5.67. The van der Waals surface area contributed by atoms with E-state index in [0.29, 0.717) is 26.3 Å². The highest BCUT2D eigenvalue weighted by Crippen LogP contribution is 1.98. The van der Waals surface area contributed by atoms with Gasteiger partial charge in [-0.3, -0.25) is 0 Å². The Labute approximate surface area is 92.0 Å². The Morgan fingerprint density at radius 2 is 1.73 bits per heavy atom. The van der Waals surface area contributed by atoms with Crippen LogP contribution in [0.15, 0.2) is 0 Å². The fraction of sp³-hybridized carbons (Fsp3) is 0.900. The molecule has 0 aliphatic carbocycles. The quantitative estimate of drug-likeness (QED) is 0.681. The summed E-state index contributed by atoms with van der Waals surface area (Å²) in [6.07, 6.45) is -0.476. The van der Waals surface area contributed by atoms with Gasteiger partial charge >= 0.3 is 6.09 Å². The van der Waals surface area contributed by atoms with Crippen LogP contribution in [0.4, 0.5) is 4.79 Å². The van der Waals surface area contributed by atoms with E-state index in [4.69, 9.17) is 9.84 Å². The highest BCUT2D eigenvalue weighted by Gasteiger charge is 2.17. The van der Waals surface area contributed by atoms with Crippen LogP contribution in [0.25, 0.3) is 0 Å². The number of hydrogen-bond donors (Lipinski definition) is 1. The van der Waals surface area contributed by atoms with E-state index in [1.54, 1.807) is 0 Å². The van der Waals surface area contributed by atoms with Crippen LogP contribution < -0.4 is 0 Å². The second kappa shape index (κ2) is 13.2. The normalized spacial score (nSPS) is 14.1. The molecule has 0 aromatic carbocycles. The monoisotopic (exact) mass is 221 g/mol. The van der Waals surface area contributed by atoms with E-state index in [2.05, 4.69) is 4.74 Å². The lowest BCUT2D eigenvalue weighted by molar-refractivity contribution is -0.00566. The fourth-order valence-corrected chi connectivity index (χ4v) is 0.892. The lowest BCUT2D eigenvalue weighted by Crippen LogP contribution is -2.41. The van der Waals surface area contributed by atoms with Crippen molar-refractivity contribution >= 4 is 6.09 Å². The summed E-state index contributed by atoms with van der Waals surface area (Å²) in [5.41, 5.74) is 0. The van der Waals surface area contributed by atoms with Gasteiger partial charge in [0, 0.05) is 13.1 Å². The summed E-state index contributed by atoms with van der Waals surface area (Å²) in [4.78, 5) is 12.4. The van der Waals surface area contributed by atoms with Gasteiger partial charge in [0.1, 0.15) is 0 Å². The lowest BCUT2D eigenvalue weighted by atomic mass is 10.5. The number of rotatable bonds is 1. The third-order valence-corrected chi connectivity index (χ3v) is 1.46. The number of hydrogen-bond acceptors (Lipinski definition) is 4. The largest absolute Gasteiger partial charge is 0.422 e. The maximum absolute atomic E-state index is 10.9. The number of aliphatic hydroxyl groups is 1. The van der Waals surface area contributed by atoms with Gasteiger partial charge in [-0.15, -0.1) is 0 Å². The molecular formula is C10H23NO4. The number of ether oxygens (including phenoxy) is 2. The van der Waals surface area contributed by atoms with Crippen LogP contribution in [0.2, 0.25) is 0 Å². The number of carbonyl (C=O) groups excluding carboxylic acids is 1. The Hall–Kier alpha value is -0.810. The van der Waals surface area contributed by atoms with E-state index in [-0.39, 0.29) is 0 Å². The van der Waals surface area contributed by atoms with Crippen LogP contribution in [0, 0.1) is 0 Å². The molecule has 1 rings (SSSR count). The molecule has 0 bridgehead atoms. The van der Waals surface area contributed by atoms with Crippen molar-refractivity contribution in [2.24, 2.45) is 0 Å². The maximum atomic E-state index is 10.9. The Bertz CT molecular complexity index is 135. The molecule has 0 aromatic heterocycles. The Balaban J connectivity index is 0. The number of aliphatic hydroxyl groups excluding tert-OH is 1. The highest BCUT2D eigenvalue weighted by atomic mass is 16.6. The predicted molar refractivity (Wildman–Crippen MR) is 58.7 cm³/mol. The molecule has 1 amide bonds. The smallest absolute Gasteiger partial charge is 0.412 e. The van der Waals surface area contributed by atoms with Gasteiger partial charge in [0.05, 0.1) is 13.2 Å². The summed E-state index contributed by atoms with van der Waals surface area (Å²) >= 11 is 0. The number of nitrogens with zero attached hydrogens (tertiary/aromatic N) is 1. The second-order valence-corrected chi connectivity index (χ2v) is 2.14. The van der Waals surface area contributed by atoms with Crippen molar-refractivity contribution in [1.29, 1.82) is 0 Å². The molecule has 5 heteroatoms. The first-order valence-electron chi connectivity index (χ1n) is 5.45.